The molecule has 4 rings (SSSR count). The van der Waals surface area contributed by atoms with Crippen LogP contribution in [0.2, 0.25) is 10.0 Å². The Morgan fingerprint density at radius 3 is 1.74 bits per heavy atom. The van der Waals surface area contributed by atoms with Gasteiger partial charge >= 0.3 is 5.97 Å². The van der Waals surface area contributed by atoms with Crippen LogP contribution in [0.3, 0.4) is 0 Å². The zero-order valence-electron chi connectivity index (χ0n) is 22.0. The van der Waals surface area contributed by atoms with E-state index in [2.05, 4.69) is 0 Å². The third-order valence-corrected chi connectivity index (χ3v) is 6.78. The predicted molar refractivity (Wildman–Crippen MR) is 154 cm³/mol. The molecule has 4 aromatic rings. The first-order valence-electron chi connectivity index (χ1n) is 12.5. The van der Waals surface area contributed by atoms with E-state index in [0.717, 1.165) is 11.1 Å². The van der Waals surface area contributed by atoms with Crippen molar-refractivity contribution in [1.82, 2.24) is 0 Å². The Morgan fingerprint density at radius 2 is 1.23 bits per heavy atom. The standard InChI is InChI=1S/C32H30Cl2O5/c1-32(2,3)28-23(31(35)36)17-27(37-18-21-11-6-4-7-12-21)29(30(28)38-19-22-13-8-5-9-14-22)39-20-24-25(33)15-10-16-26(24)34/h4-17H,18-20H2,1-3H3,(H,35,36). The van der Waals surface area contributed by atoms with Crippen molar-refractivity contribution in [2.24, 2.45) is 0 Å². The van der Waals surface area contributed by atoms with E-state index in [9.17, 15) is 9.90 Å². The maximum atomic E-state index is 12.5. The first-order chi connectivity index (χ1) is 18.6. The van der Waals surface area contributed by atoms with Gasteiger partial charge in [0.05, 0.1) is 5.56 Å². The molecule has 4 aromatic carbocycles. The molecule has 202 valence electrons. The average Bonchev–Trinajstić information content (AvgIpc) is 2.91. The van der Waals surface area contributed by atoms with Crippen LogP contribution in [0, 0.1) is 0 Å². The predicted octanol–water partition coefficient (Wildman–Crippen LogP) is 8.73. The fourth-order valence-electron chi connectivity index (χ4n) is 4.19. The van der Waals surface area contributed by atoms with Gasteiger partial charge in [-0.05, 0) is 34.7 Å². The lowest BCUT2D eigenvalue weighted by molar-refractivity contribution is 0.0692. The van der Waals surface area contributed by atoms with Gasteiger partial charge in [0.25, 0.3) is 0 Å². The molecule has 39 heavy (non-hydrogen) atoms. The monoisotopic (exact) mass is 564 g/mol. The van der Waals surface area contributed by atoms with Gasteiger partial charge in [0.2, 0.25) is 5.75 Å². The molecule has 0 aliphatic carbocycles. The molecule has 0 saturated heterocycles. The van der Waals surface area contributed by atoms with Gasteiger partial charge in [0.1, 0.15) is 19.8 Å². The van der Waals surface area contributed by atoms with E-state index in [4.69, 9.17) is 37.4 Å². The van der Waals surface area contributed by atoms with Crippen molar-refractivity contribution in [3.05, 3.63) is 123 Å². The maximum Gasteiger partial charge on any atom is 0.336 e. The molecule has 5 nitrogen and oxygen atoms in total. The van der Waals surface area contributed by atoms with Gasteiger partial charge in [-0.15, -0.1) is 0 Å². The third kappa shape index (κ3) is 7.05. The second kappa shape index (κ2) is 12.5. The number of hydrogen-bond acceptors (Lipinski definition) is 4. The molecule has 7 heteroatoms. The minimum Gasteiger partial charge on any atom is -0.485 e. The topological polar surface area (TPSA) is 65.0 Å². The molecule has 0 unspecified atom stereocenters. The summed E-state index contributed by atoms with van der Waals surface area (Å²) in [6.45, 7) is 6.23. The highest BCUT2D eigenvalue weighted by Gasteiger charge is 2.32. The van der Waals surface area contributed by atoms with Crippen LogP contribution in [0.5, 0.6) is 17.2 Å². The number of carbonyl (C=O) groups is 1. The molecule has 0 spiro atoms. The van der Waals surface area contributed by atoms with Crippen molar-refractivity contribution in [3.63, 3.8) is 0 Å². The SMILES string of the molecule is CC(C)(C)c1c(C(=O)O)cc(OCc2ccccc2)c(OCc2c(Cl)cccc2Cl)c1OCc1ccccc1. The number of ether oxygens (including phenoxy) is 3. The summed E-state index contributed by atoms with van der Waals surface area (Å²) in [5.74, 6) is -0.254. The first-order valence-corrected chi connectivity index (χ1v) is 13.2. The molecule has 0 aliphatic heterocycles. The van der Waals surface area contributed by atoms with Crippen LogP contribution in [0.1, 0.15) is 53.4 Å². The van der Waals surface area contributed by atoms with Crippen molar-refractivity contribution < 1.29 is 24.1 Å². The molecular weight excluding hydrogens is 535 g/mol. The zero-order chi connectivity index (χ0) is 28.0. The number of rotatable bonds is 10. The van der Waals surface area contributed by atoms with Gasteiger partial charge < -0.3 is 19.3 Å². The summed E-state index contributed by atoms with van der Waals surface area (Å²) in [5.41, 5.74) is 2.42. The van der Waals surface area contributed by atoms with Crippen molar-refractivity contribution in [1.29, 1.82) is 0 Å². The van der Waals surface area contributed by atoms with E-state index < -0.39 is 11.4 Å². The number of carboxylic acid groups (broad SMARTS) is 1. The van der Waals surface area contributed by atoms with Crippen LogP contribution >= 0.6 is 23.2 Å². The van der Waals surface area contributed by atoms with Gasteiger partial charge in [-0.2, -0.15) is 0 Å². The molecular formula is C32H30Cl2O5. The molecule has 1 N–H and O–H groups in total. The van der Waals surface area contributed by atoms with Crippen LogP contribution in [0.15, 0.2) is 84.9 Å². The fourth-order valence-corrected chi connectivity index (χ4v) is 4.70. The lowest BCUT2D eigenvalue weighted by atomic mass is 9.82. The fraction of sp³-hybridized carbons (Fsp3) is 0.219. The summed E-state index contributed by atoms with van der Waals surface area (Å²) in [6, 6.07) is 26.0. The molecule has 0 saturated carbocycles. The van der Waals surface area contributed by atoms with E-state index >= 15 is 0 Å². The number of carboxylic acids is 1. The Bertz CT molecular complexity index is 1410. The molecule has 0 aromatic heterocycles. The molecule has 0 radical (unpaired) electrons. The lowest BCUT2D eigenvalue weighted by Crippen LogP contribution is -2.20. The van der Waals surface area contributed by atoms with Gasteiger partial charge in [-0.3, -0.25) is 0 Å². The summed E-state index contributed by atoms with van der Waals surface area (Å²) in [5, 5.41) is 11.1. The minimum atomic E-state index is -1.09. The van der Waals surface area contributed by atoms with E-state index in [0.29, 0.717) is 26.9 Å². The Morgan fingerprint density at radius 1 is 0.718 bits per heavy atom. The number of hydrogen-bond donors (Lipinski definition) is 1. The van der Waals surface area contributed by atoms with E-state index in [1.807, 2.05) is 81.4 Å². The molecule has 0 heterocycles. The smallest absolute Gasteiger partial charge is 0.336 e. The summed E-state index contributed by atoms with van der Waals surface area (Å²) in [6.07, 6.45) is 0. The minimum absolute atomic E-state index is 0.0257. The Kier molecular flexibility index (Phi) is 9.05. The van der Waals surface area contributed by atoms with Gasteiger partial charge in [0, 0.05) is 21.2 Å². The molecule has 0 fully saturated rings. The van der Waals surface area contributed by atoms with Crippen molar-refractivity contribution in [2.75, 3.05) is 0 Å². The lowest BCUT2D eigenvalue weighted by Gasteiger charge is -2.28. The second-order valence-corrected chi connectivity index (χ2v) is 10.9. The summed E-state index contributed by atoms with van der Waals surface area (Å²) < 4.78 is 18.9. The second-order valence-electron chi connectivity index (χ2n) is 10.0. The number of halogens is 2. The maximum absolute atomic E-state index is 12.5. The normalized spacial score (nSPS) is 11.2. The Hall–Kier alpha value is -3.67. The van der Waals surface area contributed by atoms with Crippen LogP contribution in [-0.2, 0) is 25.2 Å². The van der Waals surface area contributed by atoms with E-state index in [1.54, 1.807) is 18.2 Å². The quantitative estimate of drug-likeness (QED) is 0.208. The Labute approximate surface area is 238 Å². The summed E-state index contributed by atoms with van der Waals surface area (Å²) in [7, 11) is 0. The van der Waals surface area contributed by atoms with E-state index in [-0.39, 0.29) is 36.9 Å². The van der Waals surface area contributed by atoms with Crippen LogP contribution < -0.4 is 14.2 Å². The highest BCUT2D eigenvalue weighted by molar-refractivity contribution is 6.35. The number of benzene rings is 4. The van der Waals surface area contributed by atoms with E-state index in [1.165, 1.54) is 6.07 Å². The molecule has 0 amide bonds. The van der Waals surface area contributed by atoms with Gasteiger partial charge in [-0.25, -0.2) is 4.79 Å². The molecule has 0 aliphatic rings. The average molecular weight is 565 g/mol. The largest absolute Gasteiger partial charge is 0.485 e. The highest BCUT2D eigenvalue weighted by atomic mass is 35.5. The van der Waals surface area contributed by atoms with Crippen LogP contribution in [0.4, 0.5) is 0 Å². The van der Waals surface area contributed by atoms with Crippen LogP contribution in [-0.4, -0.2) is 11.1 Å². The van der Waals surface area contributed by atoms with Crippen molar-refractivity contribution >= 4 is 29.2 Å². The first kappa shape index (κ1) is 28.3. The molecule has 0 bridgehead atoms. The van der Waals surface area contributed by atoms with Crippen LogP contribution in [0.25, 0.3) is 0 Å². The van der Waals surface area contributed by atoms with Crippen molar-refractivity contribution in [2.45, 2.75) is 46.0 Å². The number of aromatic carboxylic acids is 1. The Balaban J connectivity index is 1.85. The summed E-state index contributed by atoms with van der Waals surface area (Å²) >= 11 is 12.8. The molecule has 0 atom stereocenters. The third-order valence-electron chi connectivity index (χ3n) is 6.07. The highest BCUT2D eigenvalue weighted by Crippen LogP contribution is 2.48. The van der Waals surface area contributed by atoms with Gasteiger partial charge in [-0.1, -0.05) is 111 Å². The zero-order valence-corrected chi connectivity index (χ0v) is 23.6. The summed E-state index contributed by atoms with van der Waals surface area (Å²) in [4.78, 5) is 12.5. The van der Waals surface area contributed by atoms with Crippen molar-refractivity contribution in [3.8, 4) is 17.2 Å². The van der Waals surface area contributed by atoms with Gasteiger partial charge in [0.15, 0.2) is 11.5 Å².